The summed E-state index contributed by atoms with van der Waals surface area (Å²) in [5.74, 6) is 0. The Kier molecular flexibility index (Phi) is 7.81. The first-order chi connectivity index (χ1) is 16.8. The van der Waals surface area contributed by atoms with Gasteiger partial charge in [0, 0.05) is 21.7 Å². The van der Waals surface area contributed by atoms with Gasteiger partial charge >= 0.3 is 0 Å². The van der Waals surface area contributed by atoms with Gasteiger partial charge in [0.1, 0.15) is 24.6 Å². The predicted octanol–water partition coefficient (Wildman–Crippen LogP) is 6.63. The zero-order chi connectivity index (χ0) is 24.8. The summed E-state index contributed by atoms with van der Waals surface area (Å²) >= 11 is 6.33. The number of aryl methyl sites for hydroxylation is 2. The molecule has 7 heteroatoms. The van der Waals surface area contributed by atoms with Crippen LogP contribution in [0, 0.1) is 12.3 Å². The lowest BCUT2D eigenvalue weighted by molar-refractivity contribution is -0.000158. The molecular formula is C28H31ClN4O2. The maximum Gasteiger partial charge on any atom is 0.125 e. The molecule has 0 N–H and O–H groups in total. The van der Waals surface area contributed by atoms with Gasteiger partial charge in [0.05, 0.1) is 17.1 Å². The van der Waals surface area contributed by atoms with Crippen LogP contribution in [0.2, 0.25) is 5.02 Å². The number of nitrogens with zero attached hydrogens (tertiary/aromatic N) is 4. The zero-order valence-corrected chi connectivity index (χ0v) is 21.5. The van der Waals surface area contributed by atoms with Gasteiger partial charge in [-0.1, -0.05) is 66.1 Å². The minimum Gasteiger partial charge on any atom is -0.395 e. The molecule has 3 aromatic rings. The van der Waals surface area contributed by atoms with Crippen molar-refractivity contribution >= 4 is 23.0 Å². The van der Waals surface area contributed by atoms with Crippen LogP contribution < -0.4 is 0 Å². The van der Waals surface area contributed by atoms with Gasteiger partial charge in [0.15, 0.2) is 0 Å². The minimum absolute atomic E-state index is 0.280. The second-order valence-electron chi connectivity index (χ2n) is 9.63. The highest BCUT2D eigenvalue weighted by Gasteiger charge is 2.22. The zero-order valence-electron chi connectivity index (χ0n) is 20.7. The first-order valence-corrected chi connectivity index (χ1v) is 12.2. The SMILES string of the molecule is C/C(=N\OCC(C)(C)CO/N=C1\CCCc2ccc(C)nc21)c1cccc(-c2ccccc2Cl)n1. The van der Waals surface area contributed by atoms with Crippen molar-refractivity contribution in [3.8, 4) is 11.3 Å². The van der Waals surface area contributed by atoms with Gasteiger partial charge in [-0.15, -0.1) is 0 Å². The highest BCUT2D eigenvalue weighted by atomic mass is 35.5. The van der Waals surface area contributed by atoms with Gasteiger partial charge < -0.3 is 9.68 Å². The van der Waals surface area contributed by atoms with Crippen LogP contribution in [-0.4, -0.2) is 34.6 Å². The van der Waals surface area contributed by atoms with E-state index in [1.54, 1.807) is 0 Å². The molecule has 2 heterocycles. The molecule has 0 amide bonds. The molecule has 2 aromatic heterocycles. The van der Waals surface area contributed by atoms with Gasteiger partial charge in [-0.25, -0.2) is 4.98 Å². The van der Waals surface area contributed by atoms with E-state index in [4.69, 9.17) is 26.3 Å². The van der Waals surface area contributed by atoms with E-state index < -0.39 is 0 Å². The van der Waals surface area contributed by atoms with Gasteiger partial charge in [0.2, 0.25) is 0 Å². The van der Waals surface area contributed by atoms with Gasteiger partial charge in [-0.3, -0.25) is 4.98 Å². The Hall–Kier alpha value is -3.25. The van der Waals surface area contributed by atoms with E-state index in [0.717, 1.165) is 53.3 Å². The lowest BCUT2D eigenvalue weighted by Gasteiger charge is -2.22. The van der Waals surface area contributed by atoms with Crippen LogP contribution in [-0.2, 0) is 16.1 Å². The highest BCUT2D eigenvalue weighted by molar-refractivity contribution is 6.33. The molecule has 182 valence electrons. The Balaban J connectivity index is 1.35. The van der Waals surface area contributed by atoms with Crippen molar-refractivity contribution in [1.29, 1.82) is 0 Å². The van der Waals surface area contributed by atoms with E-state index >= 15 is 0 Å². The molecule has 1 aromatic carbocycles. The van der Waals surface area contributed by atoms with Crippen LogP contribution in [0.4, 0.5) is 0 Å². The molecule has 0 saturated carbocycles. The smallest absolute Gasteiger partial charge is 0.125 e. The second-order valence-corrected chi connectivity index (χ2v) is 10.0. The third kappa shape index (κ3) is 6.45. The molecule has 0 aliphatic heterocycles. The molecule has 0 fully saturated rings. The highest BCUT2D eigenvalue weighted by Crippen LogP contribution is 2.26. The van der Waals surface area contributed by atoms with Crippen LogP contribution in [0.5, 0.6) is 0 Å². The molecular weight excluding hydrogens is 460 g/mol. The Morgan fingerprint density at radius 1 is 0.971 bits per heavy atom. The van der Waals surface area contributed by atoms with Crippen LogP contribution in [0.25, 0.3) is 11.3 Å². The van der Waals surface area contributed by atoms with Crippen LogP contribution in [0.1, 0.15) is 56.3 Å². The van der Waals surface area contributed by atoms with Crippen molar-refractivity contribution in [2.45, 2.75) is 47.0 Å². The molecule has 0 atom stereocenters. The van der Waals surface area contributed by atoms with Crippen LogP contribution in [0.3, 0.4) is 0 Å². The summed E-state index contributed by atoms with van der Waals surface area (Å²) in [6, 6.07) is 17.6. The summed E-state index contributed by atoms with van der Waals surface area (Å²) in [6.45, 7) is 8.79. The average Bonchev–Trinajstić information content (AvgIpc) is 2.84. The number of hydrogen-bond donors (Lipinski definition) is 0. The lowest BCUT2D eigenvalue weighted by Crippen LogP contribution is -2.24. The molecule has 0 unspecified atom stereocenters. The van der Waals surface area contributed by atoms with Crippen molar-refractivity contribution in [1.82, 2.24) is 9.97 Å². The van der Waals surface area contributed by atoms with E-state index in [0.29, 0.717) is 23.9 Å². The van der Waals surface area contributed by atoms with E-state index in [1.165, 1.54) is 5.56 Å². The maximum atomic E-state index is 6.33. The second kappa shape index (κ2) is 11.0. The van der Waals surface area contributed by atoms with Gasteiger partial charge in [-0.2, -0.15) is 0 Å². The first-order valence-electron chi connectivity index (χ1n) is 11.9. The number of fused-ring (bicyclic) bond motifs is 1. The van der Waals surface area contributed by atoms with E-state index in [1.807, 2.05) is 62.4 Å². The molecule has 1 aliphatic rings. The number of hydrogen-bond acceptors (Lipinski definition) is 6. The van der Waals surface area contributed by atoms with Gasteiger partial charge in [0.25, 0.3) is 0 Å². The average molecular weight is 491 g/mol. The summed E-state index contributed by atoms with van der Waals surface area (Å²) in [6.07, 6.45) is 2.98. The topological polar surface area (TPSA) is 69.0 Å². The predicted molar refractivity (Wildman–Crippen MR) is 141 cm³/mol. The largest absolute Gasteiger partial charge is 0.395 e. The van der Waals surface area contributed by atoms with Crippen molar-refractivity contribution in [2.24, 2.45) is 15.7 Å². The lowest BCUT2D eigenvalue weighted by atomic mass is 9.94. The first kappa shape index (κ1) is 24.9. The number of pyridine rings is 2. The van der Waals surface area contributed by atoms with Crippen LogP contribution in [0.15, 0.2) is 64.9 Å². The molecule has 0 saturated heterocycles. The standard InChI is InChI=1S/C28H31ClN4O2/c1-19-15-16-21-9-7-14-26(27(21)30-19)33-35-18-28(3,4)17-34-32-20(2)24-12-8-13-25(31-24)22-10-5-6-11-23(22)29/h5-6,8,10-13,15-16H,7,9,14,17-18H2,1-4H3/b32-20+,33-26+. The quantitative estimate of drug-likeness (QED) is 0.262. The third-order valence-electron chi connectivity index (χ3n) is 5.81. The molecule has 6 nitrogen and oxygen atoms in total. The third-order valence-corrected chi connectivity index (χ3v) is 6.14. The summed E-state index contributed by atoms with van der Waals surface area (Å²) in [5.41, 5.74) is 6.95. The molecule has 0 bridgehead atoms. The van der Waals surface area contributed by atoms with E-state index in [-0.39, 0.29) is 5.41 Å². The van der Waals surface area contributed by atoms with E-state index in [2.05, 4.69) is 35.2 Å². The Labute approximate surface area is 212 Å². The van der Waals surface area contributed by atoms with E-state index in [9.17, 15) is 0 Å². The number of benzene rings is 1. The maximum absolute atomic E-state index is 6.33. The molecule has 35 heavy (non-hydrogen) atoms. The molecule has 1 aliphatic carbocycles. The van der Waals surface area contributed by atoms with Crippen molar-refractivity contribution in [2.75, 3.05) is 13.2 Å². The fourth-order valence-corrected chi connectivity index (χ4v) is 4.06. The summed E-state index contributed by atoms with van der Waals surface area (Å²) in [4.78, 5) is 20.8. The Morgan fingerprint density at radius 2 is 1.77 bits per heavy atom. The fourth-order valence-electron chi connectivity index (χ4n) is 3.82. The van der Waals surface area contributed by atoms with Crippen LogP contribution >= 0.6 is 11.6 Å². The number of halogens is 1. The van der Waals surface area contributed by atoms with Gasteiger partial charge in [-0.05, 0) is 62.9 Å². The molecule has 0 spiro atoms. The molecule has 0 radical (unpaired) electrons. The normalized spacial score (nSPS) is 15.1. The number of aromatic nitrogens is 2. The monoisotopic (exact) mass is 490 g/mol. The van der Waals surface area contributed by atoms with Crippen molar-refractivity contribution < 1.29 is 9.68 Å². The van der Waals surface area contributed by atoms with Crippen molar-refractivity contribution in [3.05, 3.63) is 82.3 Å². The Morgan fingerprint density at radius 3 is 2.60 bits per heavy atom. The van der Waals surface area contributed by atoms with Crippen molar-refractivity contribution in [3.63, 3.8) is 0 Å². The Bertz CT molecular complexity index is 1250. The summed E-state index contributed by atoms with van der Waals surface area (Å²) in [7, 11) is 0. The molecule has 4 rings (SSSR count). The fraction of sp³-hybridized carbons (Fsp3) is 0.357. The minimum atomic E-state index is -0.280. The summed E-state index contributed by atoms with van der Waals surface area (Å²) in [5, 5.41) is 9.39. The number of rotatable bonds is 8. The number of oxime groups is 2. The summed E-state index contributed by atoms with van der Waals surface area (Å²) < 4.78 is 0.